The van der Waals surface area contributed by atoms with Gasteiger partial charge in [-0.15, -0.1) is 10.2 Å². The zero-order chi connectivity index (χ0) is 12.3. The van der Waals surface area contributed by atoms with Crippen LogP contribution in [0.3, 0.4) is 0 Å². The normalized spacial score (nSPS) is 10.5. The third kappa shape index (κ3) is 3.15. The fourth-order valence-electron chi connectivity index (χ4n) is 1.08. The Labute approximate surface area is 108 Å². The number of anilines is 1. The topological polar surface area (TPSA) is 62.1 Å². The van der Waals surface area contributed by atoms with E-state index in [1.807, 2.05) is 31.1 Å². The van der Waals surface area contributed by atoms with E-state index < -0.39 is 0 Å². The molecule has 0 radical (unpaired) electrons. The van der Waals surface area contributed by atoms with Crippen LogP contribution >= 0.6 is 23.1 Å². The predicted octanol–water partition coefficient (Wildman–Crippen LogP) is 1.64. The summed E-state index contributed by atoms with van der Waals surface area (Å²) < 4.78 is 0.859. The maximum atomic E-state index is 8.91. The van der Waals surface area contributed by atoms with Gasteiger partial charge in [-0.2, -0.15) is 0 Å². The number of aliphatic hydroxyl groups is 1. The highest BCUT2D eigenvalue weighted by Gasteiger charge is 2.07. The van der Waals surface area contributed by atoms with E-state index in [4.69, 9.17) is 5.11 Å². The maximum absolute atomic E-state index is 8.91. The van der Waals surface area contributed by atoms with Gasteiger partial charge in [0.1, 0.15) is 5.03 Å². The highest BCUT2D eigenvalue weighted by Crippen LogP contribution is 2.31. The average Bonchev–Trinajstić information content (AvgIpc) is 2.79. The summed E-state index contributed by atoms with van der Waals surface area (Å²) in [5.41, 5.74) is 0.806. The summed E-state index contributed by atoms with van der Waals surface area (Å²) in [5.74, 6) is 0. The second-order valence-electron chi connectivity index (χ2n) is 3.51. The van der Waals surface area contributed by atoms with E-state index in [0.717, 1.165) is 20.1 Å². The Bertz CT molecular complexity index is 483. The van der Waals surface area contributed by atoms with Crippen LogP contribution < -0.4 is 4.90 Å². The van der Waals surface area contributed by atoms with Crippen LogP contribution in [0, 0.1) is 0 Å². The lowest BCUT2D eigenvalue weighted by molar-refractivity contribution is 0.281. The molecule has 2 aromatic rings. The van der Waals surface area contributed by atoms with Crippen molar-refractivity contribution >= 4 is 28.2 Å². The molecule has 0 unspecified atom stereocenters. The molecule has 0 saturated carbocycles. The fourth-order valence-corrected chi connectivity index (χ4v) is 2.73. The van der Waals surface area contributed by atoms with Crippen LogP contribution in [0.25, 0.3) is 0 Å². The molecular weight excluding hydrogens is 256 g/mol. The molecular formula is C10H12N4OS2. The summed E-state index contributed by atoms with van der Waals surface area (Å²) in [6, 6.07) is 3.72. The van der Waals surface area contributed by atoms with Gasteiger partial charge in [-0.25, -0.2) is 4.98 Å². The first kappa shape index (κ1) is 12.3. The molecule has 5 nitrogen and oxygen atoms in total. The number of aromatic nitrogens is 3. The molecule has 2 rings (SSSR count). The summed E-state index contributed by atoms with van der Waals surface area (Å²) in [7, 11) is 3.87. The third-order valence-corrected chi connectivity index (χ3v) is 4.04. The molecule has 0 fully saturated rings. The van der Waals surface area contributed by atoms with E-state index in [9.17, 15) is 0 Å². The standard InChI is InChI=1S/C10H12N4OS2/c1-14(2)9-12-13-10(17-9)16-8-4-3-7(6-15)5-11-8/h3-5,15H,6H2,1-2H3. The molecule has 0 spiro atoms. The lowest BCUT2D eigenvalue weighted by atomic mass is 10.3. The Morgan fingerprint density at radius 2 is 2.18 bits per heavy atom. The molecule has 0 bridgehead atoms. The minimum absolute atomic E-state index is 0.0154. The monoisotopic (exact) mass is 268 g/mol. The molecule has 0 amide bonds. The molecule has 0 aliphatic rings. The van der Waals surface area contributed by atoms with Crippen molar-refractivity contribution in [3.63, 3.8) is 0 Å². The van der Waals surface area contributed by atoms with Crippen molar-refractivity contribution in [2.24, 2.45) is 0 Å². The Balaban J connectivity index is 2.08. The van der Waals surface area contributed by atoms with Crippen LogP contribution in [-0.4, -0.2) is 34.4 Å². The first-order valence-electron chi connectivity index (χ1n) is 4.93. The summed E-state index contributed by atoms with van der Waals surface area (Å²) in [4.78, 5) is 6.15. The van der Waals surface area contributed by atoms with Crippen molar-refractivity contribution < 1.29 is 5.11 Å². The van der Waals surface area contributed by atoms with Gasteiger partial charge in [0.05, 0.1) is 6.61 Å². The number of rotatable bonds is 4. The van der Waals surface area contributed by atoms with Gasteiger partial charge in [-0.1, -0.05) is 17.4 Å². The van der Waals surface area contributed by atoms with E-state index in [1.165, 1.54) is 23.1 Å². The summed E-state index contributed by atoms with van der Waals surface area (Å²) >= 11 is 2.99. The van der Waals surface area contributed by atoms with E-state index in [0.29, 0.717) is 0 Å². The van der Waals surface area contributed by atoms with E-state index in [2.05, 4.69) is 15.2 Å². The maximum Gasteiger partial charge on any atom is 0.208 e. The van der Waals surface area contributed by atoms with Crippen LogP contribution in [0.5, 0.6) is 0 Å². The number of hydrogen-bond donors (Lipinski definition) is 1. The second-order valence-corrected chi connectivity index (χ2v) is 5.73. The predicted molar refractivity (Wildman–Crippen MR) is 68.5 cm³/mol. The number of hydrogen-bond acceptors (Lipinski definition) is 7. The van der Waals surface area contributed by atoms with Gasteiger partial charge < -0.3 is 10.0 Å². The Morgan fingerprint density at radius 3 is 2.71 bits per heavy atom. The SMILES string of the molecule is CN(C)c1nnc(Sc2ccc(CO)cn2)s1. The first-order chi connectivity index (χ1) is 8.19. The van der Waals surface area contributed by atoms with Crippen LogP contribution in [0.4, 0.5) is 5.13 Å². The first-order valence-corrected chi connectivity index (χ1v) is 6.57. The molecule has 17 heavy (non-hydrogen) atoms. The Kier molecular flexibility index (Phi) is 3.93. The lowest BCUT2D eigenvalue weighted by Crippen LogP contribution is -2.07. The molecule has 0 aliphatic heterocycles. The van der Waals surface area contributed by atoms with E-state index >= 15 is 0 Å². The molecule has 7 heteroatoms. The fraction of sp³-hybridized carbons (Fsp3) is 0.300. The molecule has 1 N–H and O–H groups in total. The molecule has 90 valence electrons. The van der Waals surface area contributed by atoms with Gasteiger partial charge in [-0.05, 0) is 23.4 Å². The van der Waals surface area contributed by atoms with Crippen molar-refractivity contribution in [2.45, 2.75) is 16.0 Å². The molecule has 0 atom stereocenters. The van der Waals surface area contributed by atoms with E-state index in [-0.39, 0.29) is 6.61 Å². The van der Waals surface area contributed by atoms with Gasteiger partial charge in [0.25, 0.3) is 0 Å². The van der Waals surface area contributed by atoms with Gasteiger partial charge in [0.15, 0.2) is 4.34 Å². The zero-order valence-electron chi connectivity index (χ0n) is 9.49. The number of nitrogens with zero attached hydrogens (tertiary/aromatic N) is 4. The molecule has 0 saturated heterocycles. The average molecular weight is 268 g/mol. The summed E-state index contributed by atoms with van der Waals surface area (Å²) in [5, 5.41) is 18.8. The van der Waals surface area contributed by atoms with Gasteiger partial charge in [0, 0.05) is 20.3 Å². The van der Waals surface area contributed by atoms with Crippen LogP contribution in [0.15, 0.2) is 27.7 Å². The van der Waals surface area contributed by atoms with Gasteiger partial charge in [0.2, 0.25) is 5.13 Å². The minimum atomic E-state index is 0.0154. The highest BCUT2D eigenvalue weighted by molar-refractivity contribution is 8.01. The molecule has 2 heterocycles. The second kappa shape index (κ2) is 5.44. The van der Waals surface area contributed by atoms with Crippen molar-refractivity contribution in [2.75, 3.05) is 19.0 Å². The lowest BCUT2D eigenvalue weighted by Gasteiger charge is -2.03. The summed E-state index contributed by atoms with van der Waals surface area (Å²) in [6.07, 6.45) is 1.66. The zero-order valence-corrected chi connectivity index (χ0v) is 11.1. The van der Waals surface area contributed by atoms with E-state index in [1.54, 1.807) is 6.20 Å². The van der Waals surface area contributed by atoms with Gasteiger partial charge in [-0.3, -0.25) is 0 Å². The van der Waals surface area contributed by atoms with Crippen LogP contribution in [0.2, 0.25) is 0 Å². The quantitative estimate of drug-likeness (QED) is 0.909. The van der Waals surface area contributed by atoms with Crippen LogP contribution in [-0.2, 0) is 6.61 Å². The van der Waals surface area contributed by atoms with Crippen LogP contribution in [0.1, 0.15) is 5.56 Å². The van der Waals surface area contributed by atoms with Crippen molar-refractivity contribution in [1.82, 2.24) is 15.2 Å². The van der Waals surface area contributed by atoms with Crippen molar-refractivity contribution in [1.29, 1.82) is 0 Å². The Morgan fingerprint density at radius 1 is 1.35 bits per heavy atom. The largest absolute Gasteiger partial charge is 0.392 e. The smallest absolute Gasteiger partial charge is 0.208 e. The minimum Gasteiger partial charge on any atom is -0.392 e. The highest BCUT2D eigenvalue weighted by atomic mass is 32.2. The Hall–Kier alpha value is -1.18. The van der Waals surface area contributed by atoms with Crippen molar-refractivity contribution in [3.05, 3.63) is 23.9 Å². The van der Waals surface area contributed by atoms with Gasteiger partial charge >= 0.3 is 0 Å². The molecule has 0 aliphatic carbocycles. The molecule has 2 aromatic heterocycles. The third-order valence-electron chi connectivity index (χ3n) is 1.95. The number of pyridine rings is 1. The summed E-state index contributed by atoms with van der Waals surface area (Å²) in [6.45, 7) is 0.0154. The van der Waals surface area contributed by atoms with Crippen molar-refractivity contribution in [3.8, 4) is 0 Å². The molecule has 0 aromatic carbocycles. The number of aliphatic hydroxyl groups excluding tert-OH is 1.